The zero-order valence-corrected chi connectivity index (χ0v) is 19.4. The number of ketones is 1. The van der Waals surface area contributed by atoms with Crippen LogP contribution in [-0.2, 0) is 10.3 Å². The van der Waals surface area contributed by atoms with Crippen molar-refractivity contribution in [2.24, 2.45) is 5.92 Å². The summed E-state index contributed by atoms with van der Waals surface area (Å²) in [5.41, 5.74) is 2.18. The molecule has 9 heteroatoms. The lowest BCUT2D eigenvalue weighted by molar-refractivity contribution is -0.0502. The second-order valence-corrected chi connectivity index (χ2v) is 8.89. The van der Waals surface area contributed by atoms with E-state index in [0.29, 0.717) is 11.1 Å². The highest BCUT2D eigenvalue weighted by Gasteiger charge is 2.30. The van der Waals surface area contributed by atoms with Gasteiger partial charge in [-0.05, 0) is 56.4 Å². The highest BCUT2D eigenvalue weighted by molar-refractivity contribution is 6.02. The summed E-state index contributed by atoms with van der Waals surface area (Å²) in [6.45, 7) is 0.824. The number of aliphatic hydroxyl groups is 1. The van der Waals surface area contributed by atoms with E-state index in [4.69, 9.17) is 19.3 Å². The lowest BCUT2D eigenvalue weighted by Gasteiger charge is -2.25. The maximum atomic E-state index is 13.2. The summed E-state index contributed by atoms with van der Waals surface area (Å²) in [7, 11) is 1.40. The van der Waals surface area contributed by atoms with Crippen LogP contribution in [0.4, 0.5) is 8.78 Å². The first-order valence-electron chi connectivity index (χ1n) is 11.2. The van der Waals surface area contributed by atoms with E-state index in [0.717, 1.165) is 23.9 Å². The molecule has 1 aliphatic carbocycles. The fraction of sp³-hybridized carbons (Fsp3) is 0.440. The van der Waals surface area contributed by atoms with Crippen LogP contribution >= 0.6 is 0 Å². The number of aromatic nitrogens is 2. The molecule has 1 N–H and O–H groups in total. The fourth-order valence-electron chi connectivity index (χ4n) is 4.00. The van der Waals surface area contributed by atoms with Crippen molar-refractivity contribution in [2.45, 2.75) is 45.3 Å². The molecule has 0 saturated heterocycles. The number of Topliss-reactive ketones (excluding diaryl/α,β-unsaturated/α-hetero) is 1. The van der Waals surface area contributed by atoms with Crippen molar-refractivity contribution in [1.82, 2.24) is 9.61 Å². The molecule has 1 aromatic carbocycles. The van der Waals surface area contributed by atoms with Gasteiger partial charge in [-0.1, -0.05) is 6.07 Å². The van der Waals surface area contributed by atoms with E-state index in [1.54, 1.807) is 16.8 Å². The third kappa shape index (κ3) is 5.05. The minimum atomic E-state index is -3.08. The van der Waals surface area contributed by atoms with Crippen LogP contribution < -0.4 is 9.47 Å². The van der Waals surface area contributed by atoms with E-state index in [9.17, 15) is 13.6 Å². The molecule has 0 bridgehead atoms. The normalized spacial score (nSPS) is 14.1. The predicted octanol–water partition coefficient (Wildman–Crippen LogP) is 4.84. The van der Waals surface area contributed by atoms with E-state index in [1.165, 1.54) is 13.2 Å². The number of halogens is 2. The van der Waals surface area contributed by atoms with Gasteiger partial charge in [0, 0.05) is 23.7 Å². The molecule has 3 aromatic rings. The van der Waals surface area contributed by atoms with Crippen molar-refractivity contribution in [3.05, 3.63) is 47.8 Å². The Balaban J connectivity index is 1.76. The van der Waals surface area contributed by atoms with Gasteiger partial charge in [0.25, 0.3) is 0 Å². The quantitative estimate of drug-likeness (QED) is 0.401. The number of carbonyl (C=O) groups is 1. The van der Waals surface area contributed by atoms with Crippen LogP contribution in [0.25, 0.3) is 16.6 Å². The molecular weight excluding hydrogens is 446 g/mol. The molecule has 1 saturated carbocycles. The van der Waals surface area contributed by atoms with Gasteiger partial charge in [0.05, 0.1) is 37.6 Å². The number of pyridine rings is 1. The summed E-state index contributed by atoms with van der Waals surface area (Å²) < 4.78 is 44.0. The number of methoxy groups -OCH3 is 1. The molecule has 2 aromatic heterocycles. The predicted molar refractivity (Wildman–Crippen MR) is 122 cm³/mol. The second kappa shape index (κ2) is 9.68. The van der Waals surface area contributed by atoms with Crippen molar-refractivity contribution in [3.63, 3.8) is 0 Å². The van der Waals surface area contributed by atoms with Gasteiger partial charge in [-0.15, -0.1) is 0 Å². The summed E-state index contributed by atoms with van der Waals surface area (Å²) in [5, 5.41) is 13.5. The van der Waals surface area contributed by atoms with Gasteiger partial charge in [0.2, 0.25) is 0 Å². The van der Waals surface area contributed by atoms with Crippen molar-refractivity contribution < 1.29 is 32.9 Å². The Labute approximate surface area is 196 Å². The largest absolute Gasteiger partial charge is 0.496 e. The molecule has 34 heavy (non-hydrogen) atoms. The molecule has 0 aliphatic heterocycles. The van der Waals surface area contributed by atoms with Gasteiger partial charge in [-0.3, -0.25) is 4.79 Å². The van der Waals surface area contributed by atoms with Crippen LogP contribution in [0.5, 0.6) is 11.5 Å². The molecule has 0 unspecified atom stereocenters. The topological polar surface area (TPSA) is 82.3 Å². The number of aliphatic hydroxyl groups excluding tert-OH is 1. The average Bonchev–Trinajstić information content (AvgIpc) is 3.51. The van der Waals surface area contributed by atoms with Crippen molar-refractivity contribution in [1.29, 1.82) is 0 Å². The van der Waals surface area contributed by atoms with E-state index < -0.39 is 12.2 Å². The average molecular weight is 475 g/mol. The van der Waals surface area contributed by atoms with Gasteiger partial charge in [-0.25, -0.2) is 4.52 Å². The van der Waals surface area contributed by atoms with E-state index in [1.807, 2.05) is 32.2 Å². The number of nitrogens with zero attached hydrogens (tertiary/aromatic N) is 2. The molecule has 0 atom stereocenters. The summed E-state index contributed by atoms with van der Waals surface area (Å²) in [6, 6.07) is 6.83. The van der Waals surface area contributed by atoms with Crippen LogP contribution in [-0.4, -0.2) is 47.4 Å². The minimum absolute atomic E-state index is 0.0417. The van der Waals surface area contributed by atoms with Crippen LogP contribution in [0, 0.1) is 5.92 Å². The van der Waals surface area contributed by atoms with Crippen LogP contribution in [0.15, 0.2) is 36.7 Å². The first-order valence-corrected chi connectivity index (χ1v) is 11.2. The number of alkyl halides is 2. The van der Waals surface area contributed by atoms with Crippen molar-refractivity contribution in [3.8, 4) is 22.6 Å². The lowest BCUT2D eigenvalue weighted by atomic mass is 9.97. The second-order valence-electron chi connectivity index (χ2n) is 8.89. The number of hydrogen-bond donors (Lipinski definition) is 1. The molecule has 2 heterocycles. The summed E-state index contributed by atoms with van der Waals surface area (Å²) in [4.78, 5) is 12.8. The molecular formula is C25H28F2N2O5. The Morgan fingerprint density at radius 2 is 2.00 bits per heavy atom. The molecule has 7 nitrogen and oxygen atoms in total. The third-order valence-electron chi connectivity index (χ3n) is 6.03. The number of fused-ring (bicyclic) bond motifs is 1. The number of hydrogen-bond acceptors (Lipinski definition) is 6. The van der Waals surface area contributed by atoms with Gasteiger partial charge >= 0.3 is 6.61 Å². The minimum Gasteiger partial charge on any atom is -0.496 e. The first-order chi connectivity index (χ1) is 16.2. The highest BCUT2D eigenvalue weighted by atomic mass is 19.3. The molecule has 0 amide bonds. The molecule has 4 rings (SSSR count). The third-order valence-corrected chi connectivity index (χ3v) is 6.03. The van der Waals surface area contributed by atoms with Crippen molar-refractivity contribution >= 4 is 11.3 Å². The molecule has 1 aliphatic rings. The van der Waals surface area contributed by atoms with Crippen molar-refractivity contribution in [2.75, 3.05) is 20.3 Å². The number of benzene rings is 1. The Kier molecular flexibility index (Phi) is 6.86. The van der Waals surface area contributed by atoms with Gasteiger partial charge < -0.3 is 19.3 Å². The van der Waals surface area contributed by atoms with Gasteiger partial charge in [-0.2, -0.15) is 13.9 Å². The Hall–Kier alpha value is -3.04. The summed E-state index contributed by atoms with van der Waals surface area (Å²) >= 11 is 0. The Morgan fingerprint density at radius 3 is 2.65 bits per heavy atom. The van der Waals surface area contributed by atoms with E-state index >= 15 is 0 Å². The Morgan fingerprint density at radius 1 is 1.26 bits per heavy atom. The first kappa shape index (κ1) is 24.1. The van der Waals surface area contributed by atoms with Gasteiger partial charge in [0.1, 0.15) is 17.1 Å². The van der Waals surface area contributed by atoms with E-state index in [-0.39, 0.29) is 48.4 Å². The zero-order chi connectivity index (χ0) is 24.5. The molecule has 182 valence electrons. The molecule has 0 radical (unpaired) electrons. The standard InChI is InChI=1S/C25H28F2N2O5/c1-25(2,33-9-8-30)17-6-7-19-18(13-28-29(19)14-17)16-11-21(32-3)23(20(31)10-15-4-5-15)22(12-16)34-24(26)27/h6-7,11-15,24,30H,4-5,8-10H2,1-3H3. The van der Waals surface area contributed by atoms with E-state index in [2.05, 4.69) is 5.10 Å². The lowest BCUT2D eigenvalue weighted by Crippen LogP contribution is -2.23. The zero-order valence-electron chi connectivity index (χ0n) is 19.4. The van der Waals surface area contributed by atoms with Crippen LogP contribution in [0.2, 0.25) is 0 Å². The fourth-order valence-corrected chi connectivity index (χ4v) is 4.00. The van der Waals surface area contributed by atoms with Gasteiger partial charge in [0.15, 0.2) is 5.78 Å². The maximum Gasteiger partial charge on any atom is 0.387 e. The monoisotopic (exact) mass is 474 g/mol. The number of rotatable bonds is 11. The summed E-state index contributed by atoms with van der Waals surface area (Å²) in [5.74, 6) is 0.00434. The summed E-state index contributed by atoms with van der Waals surface area (Å²) in [6.07, 6.45) is 5.64. The maximum absolute atomic E-state index is 13.2. The highest BCUT2D eigenvalue weighted by Crippen LogP contribution is 2.41. The molecule has 0 spiro atoms. The number of ether oxygens (including phenoxy) is 3. The number of carbonyl (C=O) groups excluding carboxylic acids is 1. The SMILES string of the molecule is COc1cc(-c2cnn3cc(C(C)(C)OCCO)ccc23)cc(OC(F)F)c1C(=O)CC1CC1. The van der Waals surface area contributed by atoms with Crippen LogP contribution in [0.3, 0.4) is 0 Å². The Bertz CT molecular complexity index is 1190. The van der Waals surface area contributed by atoms with Crippen LogP contribution in [0.1, 0.15) is 49.0 Å². The molecule has 1 fully saturated rings. The smallest absolute Gasteiger partial charge is 0.387 e.